The summed E-state index contributed by atoms with van der Waals surface area (Å²) in [6, 6.07) is 16.1. The Morgan fingerprint density at radius 3 is 1.53 bits per heavy atom. The Kier molecular flexibility index (Phi) is 9.89. The van der Waals surface area contributed by atoms with Crippen LogP contribution < -0.4 is 4.31 Å². The Labute approximate surface area is 220 Å². The predicted molar refractivity (Wildman–Crippen MR) is 131 cm³/mol. The number of carbonyl (C=O) groups excluding carboxylic acids is 2. The summed E-state index contributed by atoms with van der Waals surface area (Å²) >= 11 is 0. The Morgan fingerprint density at radius 1 is 0.711 bits per heavy atom. The van der Waals surface area contributed by atoms with Crippen molar-refractivity contribution in [3.05, 3.63) is 90.0 Å². The molecule has 0 saturated heterocycles. The van der Waals surface area contributed by atoms with Crippen LogP contribution in [-0.4, -0.2) is 49.3 Å². The van der Waals surface area contributed by atoms with Crippen LogP contribution in [0.5, 0.6) is 0 Å². The van der Waals surface area contributed by atoms with Gasteiger partial charge < -0.3 is 9.47 Å². The standard InChI is InChI=1S/C15H12F3NO4S.C8H7ClO4S/c1-23-14(20)12-9-5-6-10-13(12)24(21,22)19(15(16,17)18)11-7-3-2-4-8-11;1-13-8(10)6-4-2-3-5-7(6)14(9,11)12/h2-10H,1H3;2-5H,1H3. The second-order valence-corrected chi connectivity index (χ2v) is 11.3. The molecule has 0 saturated carbocycles. The summed E-state index contributed by atoms with van der Waals surface area (Å²) in [5.41, 5.74) is -1.14. The van der Waals surface area contributed by atoms with Crippen LogP contribution in [0.15, 0.2) is 88.7 Å². The molecular formula is C23H19ClF3NO8S2. The SMILES string of the molecule is COC(=O)c1ccccc1S(=O)(=O)Cl.COC(=O)c1ccccc1S(=O)(=O)N(c1ccccc1)C(F)(F)F. The summed E-state index contributed by atoms with van der Waals surface area (Å²) in [5, 5.41) is 0. The van der Waals surface area contributed by atoms with Crippen molar-refractivity contribution in [2.75, 3.05) is 18.5 Å². The van der Waals surface area contributed by atoms with Gasteiger partial charge in [0.05, 0.1) is 35.9 Å². The largest absolute Gasteiger partial charge is 0.498 e. The number of carbonyl (C=O) groups is 2. The van der Waals surface area contributed by atoms with Crippen molar-refractivity contribution in [2.24, 2.45) is 0 Å². The number of hydrogen-bond donors (Lipinski definition) is 0. The fourth-order valence-electron chi connectivity index (χ4n) is 3.01. The Bertz CT molecular complexity index is 1510. The third kappa shape index (κ3) is 7.24. The summed E-state index contributed by atoms with van der Waals surface area (Å²) in [6.07, 6.45) is -5.22. The number of methoxy groups -OCH3 is 2. The van der Waals surface area contributed by atoms with Gasteiger partial charge in [-0.05, 0) is 36.4 Å². The van der Waals surface area contributed by atoms with Gasteiger partial charge in [0.2, 0.25) is 0 Å². The molecule has 0 aliphatic heterocycles. The lowest BCUT2D eigenvalue weighted by Crippen LogP contribution is -2.43. The highest BCUT2D eigenvalue weighted by Crippen LogP contribution is 2.35. The van der Waals surface area contributed by atoms with Crippen molar-refractivity contribution < 1.29 is 49.1 Å². The van der Waals surface area contributed by atoms with E-state index in [1.165, 1.54) is 61.7 Å². The van der Waals surface area contributed by atoms with Crippen LogP contribution in [0.1, 0.15) is 20.7 Å². The van der Waals surface area contributed by atoms with Gasteiger partial charge in [-0.2, -0.15) is 4.31 Å². The number of nitrogens with zero attached hydrogens (tertiary/aromatic N) is 1. The molecular weight excluding hydrogens is 575 g/mol. The Hall–Kier alpha value is -3.62. The van der Waals surface area contributed by atoms with Crippen molar-refractivity contribution in [2.45, 2.75) is 16.1 Å². The molecule has 3 rings (SSSR count). The van der Waals surface area contributed by atoms with Crippen molar-refractivity contribution in [3.8, 4) is 0 Å². The zero-order valence-electron chi connectivity index (χ0n) is 19.5. The molecule has 0 heterocycles. The van der Waals surface area contributed by atoms with Gasteiger partial charge in [0.15, 0.2) is 0 Å². The average Bonchev–Trinajstić information content (AvgIpc) is 2.87. The van der Waals surface area contributed by atoms with Crippen molar-refractivity contribution >= 4 is 47.4 Å². The smallest absolute Gasteiger partial charge is 0.465 e. The first-order chi connectivity index (χ1) is 17.7. The lowest BCUT2D eigenvalue weighted by Gasteiger charge is -2.26. The van der Waals surface area contributed by atoms with Gasteiger partial charge in [0.1, 0.15) is 4.90 Å². The number of rotatable bonds is 6. The Balaban J connectivity index is 0.000000308. The number of hydrogen-bond acceptors (Lipinski definition) is 8. The highest BCUT2D eigenvalue weighted by atomic mass is 35.7. The maximum absolute atomic E-state index is 13.4. The average molecular weight is 594 g/mol. The summed E-state index contributed by atoms with van der Waals surface area (Å²) in [4.78, 5) is 21.8. The lowest BCUT2D eigenvalue weighted by atomic mass is 10.2. The van der Waals surface area contributed by atoms with E-state index < -0.39 is 57.8 Å². The van der Waals surface area contributed by atoms with Gasteiger partial charge in [-0.3, -0.25) is 0 Å². The predicted octanol–water partition coefficient (Wildman–Crippen LogP) is 4.59. The molecule has 38 heavy (non-hydrogen) atoms. The molecule has 3 aromatic rings. The highest BCUT2D eigenvalue weighted by Gasteiger charge is 2.47. The number of alkyl halides is 3. The van der Waals surface area contributed by atoms with E-state index in [1.807, 2.05) is 0 Å². The van der Waals surface area contributed by atoms with E-state index in [0.717, 1.165) is 31.4 Å². The molecule has 0 fully saturated rings. The third-order valence-electron chi connectivity index (χ3n) is 4.59. The molecule has 15 heteroatoms. The van der Waals surface area contributed by atoms with Crippen LogP contribution >= 0.6 is 10.7 Å². The number of halogens is 4. The lowest BCUT2D eigenvalue weighted by molar-refractivity contribution is -0.115. The maximum atomic E-state index is 13.4. The Morgan fingerprint density at radius 2 is 1.11 bits per heavy atom. The number of benzene rings is 3. The van der Waals surface area contributed by atoms with Crippen molar-refractivity contribution in [1.82, 2.24) is 0 Å². The molecule has 204 valence electrons. The summed E-state index contributed by atoms with van der Waals surface area (Å²) in [7, 11) is -1.71. The first-order valence-corrected chi connectivity index (χ1v) is 13.9. The molecule has 3 aromatic carbocycles. The zero-order chi connectivity index (χ0) is 28.7. The monoisotopic (exact) mass is 593 g/mol. The molecule has 9 nitrogen and oxygen atoms in total. The maximum Gasteiger partial charge on any atom is 0.498 e. The zero-order valence-corrected chi connectivity index (χ0v) is 21.9. The third-order valence-corrected chi connectivity index (χ3v) is 7.78. The second kappa shape index (κ2) is 12.3. The topological polar surface area (TPSA) is 124 Å². The highest BCUT2D eigenvalue weighted by molar-refractivity contribution is 8.13. The van der Waals surface area contributed by atoms with Gasteiger partial charge >= 0.3 is 18.2 Å². The summed E-state index contributed by atoms with van der Waals surface area (Å²) in [5.74, 6) is -1.78. The quantitative estimate of drug-likeness (QED) is 0.231. The van der Waals surface area contributed by atoms with Crippen LogP contribution in [0.3, 0.4) is 0 Å². The van der Waals surface area contributed by atoms with Crippen LogP contribution in [0.4, 0.5) is 18.9 Å². The van der Waals surface area contributed by atoms with E-state index >= 15 is 0 Å². The molecule has 0 N–H and O–H groups in total. The summed E-state index contributed by atoms with van der Waals surface area (Å²) < 4.78 is 95.8. The first kappa shape index (κ1) is 30.6. The van der Waals surface area contributed by atoms with Crippen molar-refractivity contribution in [1.29, 1.82) is 0 Å². The van der Waals surface area contributed by atoms with E-state index in [1.54, 1.807) is 0 Å². The molecule has 0 aliphatic rings. The van der Waals surface area contributed by atoms with Crippen LogP contribution in [-0.2, 0) is 28.5 Å². The summed E-state index contributed by atoms with van der Waals surface area (Å²) in [6.45, 7) is 0. The number of esters is 2. The number of ether oxygens (including phenoxy) is 2. The minimum absolute atomic E-state index is 0.0648. The minimum atomic E-state index is -5.22. The van der Waals surface area contributed by atoms with Gasteiger partial charge in [-0.1, -0.05) is 42.5 Å². The normalized spacial score (nSPS) is 11.5. The van der Waals surface area contributed by atoms with E-state index in [9.17, 15) is 39.6 Å². The fraction of sp³-hybridized carbons (Fsp3) is 0.130. The van der Waals surface area contributed by atoms with Crippen molar-refractivity contribution in [3.63, 3.8) is 0 Å². The fourth-order valence-corrected chi connectivity index (χ4v) is 5.62. The number of para-hydroxylation sites is 1. The van der Waals surface area contributed by atoms with Gasteiger partial charge in [0.25, 0.3) is 19.1 Å². The van der Waals surface area contributed by atoms with Crippen LogP contribution in [0.2, 0.25) is 0 Å². The van der Waals surface area contributed by atoms with E-state index in [4.69, 9.17) is 10.7 Å². The second-order valence-electron chi connectivity index (χ2n) is 6.99. The number of anilines is 1. The molecule has 0 bridgehead atoms. The molecule has 0 aliphatic carbocycles. The van der Waals surface area contributed by atoms with Crippen LogP contribution in [0.25, 0.3) is 0 Å². The molecule has 0 atom stereocenters. The number of sulfonamides is 1. The van der Waals surface area contributed by atoms with Gasteiger partial charge in [-0.15, -0.1) is 13.2 Å². The molecule has 0 radical (unpaired) electrons. The molecule has 0 amide bonds. The first-order valence-electron chi connectivity index (χ1n) is 10.1. The molecule has 0 aromatic heterocycles. The van der Waals surface area contributed by atoms with Crippen LogP contribution in [0, 0.1) is 0 Å². The molecule has 0 unspecified atom stereocenters. The van der Waals surface area contributed by atoms with Gasteiger partial charge in [0, 0.05) is 10.7 Å². The minimum Gasteiger partial charge on any atom is -0.465 e. The van der Waals surface area contributed by atoms with E-state index in [-0.39, 0.29) is 10.5 Å². The van der Waals surface area contributed by atoms with E-state index in [2.05, 4.69) is 9.47 Å². The van der Waals surface area contributed by atoms with E-state index in [0.29, 0.717) is 0 Å². The van der Waals surface area contributed by atoms with Gasteiger partial charge in [-0.25, -0.2) is 26.4 Å². The molecule has 0 spiro atoms.